The fourth-order valence-electron chi connectivity index (χ4n) is 1.67. The molecule has 0 aliphatic rings. The van der Waals surface area contributed by atoms with Gasteiger partial charge in [-0.05, 0) is 32.0 Å². The number of aromatic nitrogens is 1. The predicted octanol–water partition coefficient (Wildman–Crippen LogP) is 3.53. The van der Waals surface area contributed by atoms with E-state index in [9.17, 15) is 9.59 Å². The maximum Gasteiger partial charge on any atom is 0.341 e. The normalized spacial score (nSPS) is 10.2. The zero-order valence-electron chi connectivity index (χ0n) is 11.5. The van der Waals surface area contributed by atoms with Crippen molar-refractivity contribution in [3.63, 3.8) is 0 Å². The van der Waals surface area contributed by atoms with Crippen molar-refractivity contribution in [1.29, 1.82) is 0 Å². The maximum absolute atomic E-state index is 12.1. The smallest absolute Gasteiger partial charge is 0.341 e. The van der Waals surface area contributed by atoms with E-state index in [1.54, 1.807) is 31.2 Å². The monoisotopic (exact) mass is 324 g/mol. The van der Waals surface area contributed by atoms with Crippen molar-refractivity contribution in [2.45, 2.75) is 13.8 Å². The Morgan fingerprint density at radius 2 is 2.19 bits per heavy atom. The topological polar surface area (TPSA) is 68.3 Å². The second kappa shape index (κ2) is 6.69. The van der Waals surface area contributed by atoms with Crippen molar-refractivity contribution in [2.24, 2.45) is 0 Å². The summed E-state index contributed by atoms with van der Waals surface area (Å²) in [6, 6.07) is 6.45. The molecule has 0 unspecified atom stereocenters. The summed E-state index contributed by atoms with van der Waals surface area (Å²) in [5.74, 6) is -0.888. The number of carbonyl (C=O) groups is 2. The standard InChI is InChI=1S/C14H13ClN2O3S/c1-3-20-14(19)9-7-8(2)21-13(9)17-12(18)10-5-4-6-11(15)16-10/h4-7H,3H2,1-2H3,(H,17,18). The lowest BCUT2D eigenvalue weighted by Gasteiger charge is -2.05. The van der Waals surface area contributed by atoms with Crippen LogP contribution in [-0.4, -0.2) is 23.5 Å². The average molecular weight is 325 g/mol. The zero-order valence-corrected chi connectivity index (χ0v) is 13.0. The van der Waals surface area contributed by atoms with E-state index < -0.39 is 11.9 Å². The van der Waals surface area contributed by atoms with Crippen LogP contribution in [0.4, 0.5) is 5.00 Å². The van der Waals surface area contributed by atoms with Crippen molar-refractivity contribution in [2.75, 3.05) is 11.9 Å². The summed E-state index contributed by atoms with van der Waals surface area (Å²) < 4.78 is 4.97. The number of nitrogens with one attached hydrogen (secondary N) is 1. The lowest BCUT2D eigenvalue weighted by molar-refractivity contribution is 0.0528. The van der Waals surface area contributed by atoms with Gasteiger partial charge in [0.1, 0.15) is 15.8 Å². The average Bonchev–Trinajstić information content (AvgIpc) is 2.80. The molecular formula is C14H13ClN2O3S. The molecule has 0 saturated carbocycles. The Hall–Kier alpha value is -1.92. The van der Waals surface area contributed by atoms with E-state index in [1.807, 2.05) is 6.92 Å². The summed E-state index contributed by atoms with van der Waals surface area (Å²) in [5, 5.41) is 3.35. The number of rotatable bonds is 4. The molecule has 0 fully saturated rings. The number of pyridine rings is 1. The Labute approximate surface area is 130 Å². The highest BCUT2D eigenvalue weighted by atomic mass is 35.5. The number of esters is 1. The van der Waals surface area contributed by atoms with Crippen LogP contribution >= 0.6 is 22.9 Å². The van der Waals surface area contributed by atoms with Crippen LogP contribution < -0.4 is 5.32 Å². The number of hydrogen-bond donors (Lipinski definition) is 1. The highest BCUT2D eigenvalue weighted by Gasteiger charge is 2.19. The number of aryl methyl sites for hydroxylation is 1. The van der Waals surface area contributed by atoms with Crippen molar-refractivity contribution in [3.05, 3.63) is 45.6 Å². The van der Waals surface area contributed by atoms with Gasteiger partial charge in [0.2, 0.25) is 0 Å². The quantitative estimate of drug-likeness (QED) is 0.690. The van der Waals surface area contributed by atoms with E-state index in [1.165, 1.54) is 11.3 Å². The first-order valence-electron chi connectivity index (χ1n) is 6.22. The molecule has 110 valence electrons. The molecule has 1 amide bonds. The minimum Gasteiger partial charge on any atom is -0.462 e. The molecule has 0 aliphatic heterocycles. The Kier molecular flexibility index (Phi) is 4.93. The molecule has 2 aromatic heterocycles. The third-order valence-corrected chi connectivity index (χ3v) is 3.70. The van der Waals surface area contributed by atoms with Crippen LogP contribution in [0.15, 0.2) is 24.3 Å². The summed E-state index contributed by atoms with van der Waals surface area (Å²) >= 11 is 7.06. The number of halogens is 1. The van der Waals surface area contributed by atoms with Gasteiger partial charge in [-0.1, -0.05) is 17.7 Å². The molecule has 7 heteroatoms. The van der Waals surface area contributed by atoms with Crippen molar-refractivity contribution in [3.8, 4) is 0 Å². The van der Waals surface area contributed by atoms with Crippen molar-refractivity contribution >= 4 is 39.8 Å². The number of anilines is 1. The van der Waals surface area contributed by atoms with Crippen LogP contribution in [0.1, 0.15) is 32.6 Å². The number of hydrogen-bond acceptors (Lipinski definition) is 5. The van der Waals surface area contributed by atoms with Crippen LogP contribution in [0.3, 0.4) is 0 Å². The molecule has 0 spiro atoms. The van der Waals surface area contributed by atoms with Gasteiger partial charge in [0, 0.05) is 4.88 Å². The van der Waals surface area contributed by atoms with E-state index in [0.717, 1.165) is 4.88 Å². The number of amides is 1. The van der Waals surface area contributed by atoms with E-state index in [0.29, 0.717) is 10.6 Å². The predicted molar refractivity (Wildman–Crippen MR) is 82.2 cm³/mol. The molecule has 0 atom stereocenters. The molecule has 0 aromatic carbocycles. The molecule has 5 nitrogen and oxygen atoms in total. The minimum atomic E-state index is -0.462. The summed E-state index contributed by atoms with van der Waals surface area (Å²) in [7, 11) is 0. The van der Waals surface area contributed by atoms with E-state index >= 15 is 0 Å². The van der Waals surface area contributed by atoms with Gasteiger partial charge in [0.15, 0.2) is 0 Å². The van der Waals surface area contributed by atoms with E-state index in [4.69, 9.17) is 16.3 Å². The first-order valence-corrected chi connectivity index (χ1v) is 7.42. The minimum absolute atomic E-state index is 0.184. The molecule has 0 saturated heterocycles. The third-order valence-electron chi connectivity index (χ3n) is 2.53. The van der Waals surface area contributed by atoms with Crippen molar-refractivity contribution < 1.29 is 14.3 Å². The number of nitrogens with zero attached hydrogens (tertiary/aromatic N) is 1. The molecule has 21 heavy (non-hydrogen) atoms. The van der Waals surface area contributed by atoms with Crippen LogP contribution in [-0.2, 0) is 4.74 Å². The largest absolute Gasteiger partial charge is 0.462 e. The van der Waals surface area contributed by atoms with Gasteiger partial charge in [0.05, 0.1) is 12.2 Å². The van der Waals surface area contributed by atoms with Gasteiger partial charge in [-0.2, -0.15) is 0 Å². The van der Waals surface area contributed by atoms with Gasteiger partial charge >= 0.3 is 5.97 Å². The second-order valence-corrected chi connectivity index (χ2v) is 5.76. The summed E-state index contributed by atoms with van der Waals surface area (Å²) in [6.45, 7) is 3.85. The molecule has 0 aliphatic carbocycles. The van der Waals surface area contributed by atoms with Crippen LogP contribution in [0.5, 0.6) is 0 Å². The third kappa shape index (κ3) is 3.80. The fraction of sp³-hybridized carbons (Fsp3) is 0.214. The van der Waals surface area contributed by atoms with Gasteiger partial charge in [0.25, 0.3) is 5.91 Å². The van der Waals surface area contributed by atoms with Crippen LogP contribution in [0.25, 0.3) is 0 Å². The van der Waals surface area contributed by atoms with Gasteiger partial charge in [-0.15, -0.1) is 11.3 Å². The lowest BCUT2D eigenvalue weighted by Crippen LogP contribution is -2.15. The van der Waals surface area contributed by atoms with Gasteiger partial charge in [-0.3, -0.25) is 4.79 Å². The summed E-state index contributed by atoms with van der Waals surface area (Å²) in [5.41, 5.74) is 0.526. The Balaban J connectivity index is 2.23. The van der Waals surface area contributed by atoms with E-state index in [-0.39, 0.29) is 17.5 Å². The first-order chi connectivity index (χ1) is 10.0. The lowest BCUT2D eigenvalue weighted by atomic mass is 10.3. The second-order valence-electron chi connectivity index (χ2n) is 4.12. The molecule has 1 N–H and O–H groups in total. The highest BCUT2D eigenvalue weighted by Crippen LogP contribution is 2.28. The Bertz CT molecular complexity index is 685. The molecule has 2 aromatic rings. The maximum atomic E-state index is 12.1. The Morgan fingerprint density at radius 3 is 2.86 bits per heavy atom. The first kappa shape index (κ1) is 15.5. The molecule has 0 radical (unpaired) electrons. The van der Waals surface area contributed by atoms with Gasteiger partial charge < -0.3 is 10.1 Å². The molecule has 2 rings (SSSR count). The highest BCUT2D eigenvalue weighted by molar-refractivity contribution is 7.16. The van der Waals surface area contributed by atoms with Crippen LogP contribution in [0.2, 0.25) is 5.15 Å². The zero-order chi connectivity index (χ0) is 15.4. The molecule has 2 heterocycles. The summed E-state index contributed by atoms with van der Waals surface area (Å²) in [6.07, 6.45) is 0. The number of ether oxygens (including phenoxy) is 1. The Morgan fingerprint density at radius 1 is 1.43 bits per heavy atom. The number of thiophene rings is 1. The number of carbonyl (C=O) groups excluding carboxylic acids is 2. The molecule has 0 bridgehead atoms. The van der Waals surface area contributed by atoms with Gasteiger partial charge in [-0.25, -0.2) is 9.78 Å². The van der Waals surface area contributed by atoms with Crippen molar-refractivity contribution in [1.82, 2.24) is 4.98 Å². The fourth-order valence-corrected chi connectivity index (χ4v) is 2.73. The molecular weight excluding hydrogens is 312 g/mol. The van der Waals surface area contributed by atoms with E-state index in [2.05, 4.69) is 10.3 Å². The summed E-state index contributed by atoms with van der Waals surface area (Å²) in [4.78, 5) is 28.8. The SMILES string of the molecule is CCOC(=O)c1cc(C)sc1NC(=O)c1cccc(Cl)n1. The van der Waals surface area contributed by atoms with Crippen LogP contribution in [0, 0.1) is 6.92 Å².